The van der Waals surface area contributed by atoms with E-state index in [0.29, 0.717) is 34.7 Å². The standard InChI is InChI=1S/C39H46FN9O5.C3H6/c1-24(2)54-32-17-33-43-31(21-48(33)20-28(32)36(51)44-30-4-3-12-41-37(30)52)26-7-5-25(6-8-26)19-46-22-39(23-46)10-14-47(15-11-39)35-29(40)16-27(18-42-35)49-13-9-34(50)45-38(49)53;1-2-3-1/h3-4,12,16-18,20-21,24-26H,5-11,13-15,19,22-23H2,1-2H3,(H,41,52)(H,44,51)(H,45,50,53);1-3H2. The summed E-state index contributed by atoms with van der Waals surface area (Å²) >= 11 is 0. The molecule has 5 fully saturated rings. The van der Waals surface area contributed by atoms with Crippen LogP contribution in [0, 0.1) is 17.2 Å². The summed E-state index contributed by atoms with van der Waals surface area (Å²) in [5.74, 6) is 0.495. The number of nitrogens with one attached hydrogen (secondary N) is 3. The average Bonchev–Trinajstić information content (AvgIpc) is 4.01. The SMILES string of the molecule is C1CC1.CC(C)Oc1cc2nc(C3CCC(CN4CC5(CCN(c6ncc(N7CCC(=O)NC7=O)cc6F)CC5)C4)CC3)cn2cc1C(=O)Nc1ccc[nH]c1=O. The molecule has 2 saturated carbocycles. The highest BCUT2D eigenvalue weighted by Crippen LogP contribution is 2.44. The number of piperidine rings is 1. The Balaban J connectivity index is 0.00000145. The Kier molecular flexibility index (Phi) is 11.0. The molecule has 2 aliphatic carbocycles. The maximum absolute atomic E-state index is 15.2. The van der Waals surface area contributed by atoms with Gasteiger partial charge in [-0.1, -0.05) is 19.3 Å². The second-order valence-electron chi connectivity index (χ2n) is 16.7. The van der Waals surface area contributed by atoms with Crippen molar-refractivity contribution in [3.63, 3.8) is 0 Å². The fraction of sp³-hybridized carbons (Fsp3) is 0.524. The van der Waals surface area contributed by atoms with Crippen LogP contribution < -0.4 is 30.7 Å². The molecular weight excluding hydrogens is 730 g/mol. The number of halogens is 1. The van der Waals surface area contributed by atoms with E-state index in [2.05, 4.69) is 25.5 Å². The number of imide groups is 1. The van der Waals surface area contributed by atoms with Gasteiger partial charge in [-0.3, -0.25) is 24.6 Å². The third kappa shape index (κ3) is 8.83. The molecule has 3 aliphatic heterocycles. The molecule has 3 N–H and O–H groups in total. The average molecular weight is 782 g/mol. The number of H-pyrrole nitrogens is 1. The van der Waals surface area contributed by atoms with Gasteiger partial charge in [0.25, 0.3) is 11.5 Å². The smallest absolute Gasteiger partial charge is 0.328 e. The number of fused-ring (bicyclic) bond motifs is 1. The van der Waals surface area contributed by atoms with Gasteiger partial charge in [0.15, 0.2) is 11.6 Å². The molecule has 9 rings (SSSR count). The minimum absolute atomic E-state index is 0.156. The van der Waals surface area contributed by atoms with Gasteiger partial charge in [0.2, 0.25) is 5.91 Å². The number of hydrogen-bond acceptors (Lipinski definition) is 9. The first kappa shape index (κ1) is 38.6. The van der Waals surface area contributed by atoms with Crippen molar-refractivity contribution in [1.29, 1.82) is 0 Å². The molecule has 57 heavy (non-hydrogen) atoms. The number of pyridine rings is 3. The zero-order valence-corrected chi connectivity index (χ0v) is 32.8. The lowest BCUT2D eigenvalue weighted by Crippen LogP contribution is -2.61. The van der Waals surface area contributed by atoms with E-state index in [1.54, 1.807) is 24.4 Å². The van der Waals surface area contributed by atoms with Crippen molar-refractivity contribution in [3.05, 3.63) is 76.5 Å². The number of imidazole rings is 1. The monoisotopic (exact) mass is 781 g/mol. The number of aromatic nitrogens is 4. The van der Waals surface area contributed by atoms with Crippen LogP contribution in [0.15, 0.2) is 53.8 Å². The highest BCUT2D eigenvalue weighted by Gasteiger charge is 2.45. The molecule has 0 radical (unpaired) electrons. The Labute approximate surface area is 331 Å². The number of urea groups is 1. The summed E-state index contributed by atoms with van der Waals surface area (Å²) in [6.45, 7) is 8.72. The van der Waals surface area contributed by atoms with Gasteiger partial charge in [-0.25, -0.2) is 19.2 Å². The summed E-state index contributed by atoms with van der Waals surface area (Å²) in [6, 6.07) is 5.80. The van der Waals surface area contributed by atoms with E-state index in [4.69, 9.17) is 9.72 Å². The maximum Gasteiger partial charge on any atom is 0.328 e. The highest BCUT2D eigenvalue weighted by atomic mass is 19.1. The molecule has 4 aromatic heterocycles. The van der Waals surface area contributed by atoms with Crippen molar-refractivity contribution in [2.75, 3.05) is 54.4 Å². The van der Waals surface area contributed by atoms with Crippen LogP contribution in [0.1, 0.15) is 100 Å². The molecule has 0 unspecified atom stereocenters. The summed E-state index contributed by atoms with van der Waals surface area (Å²) < 4.78 is 23.1. The molecule has 302 valence electrons. The number of rotatable bonds is 9. The third-order valence-electron chi connectivity index (χ3n) is 11.8. The van der Waals surface area contributed by atoms with Gasteiger partial charge in [0.05, 0.1) is 29.2 Å². The van der Waals surface area contributed by atoms with Crippen LogP contribution in [0.5, 0.6) is 5.75 Å². The Morgan fingerprint density at radius 3 is 2.46 bits per heavy atom. The molecule has 5 aliphatic rings. The minimum atomic E-state index is -0.551. The number of ether oxygens (including phenoxy) is 1. The third-order valence-corrected chi connectivity index (χ3v) is 11.8. The summed E-state index contributed by atoms with van der Waals surface area (Å²) in [5.41, 5.74) is 2.47. The van der Waals surface area contributed by atoms with E-state index >= 15 is 4.39 Å². The highest BCUT2D eigenvalue weighted by molar-refractivity contribution is 6.06. The van der Waals surface area contributed by atoms with Crippen LogP contribution in [0.3, 0.4) is 0 Å². The minimum Gasteiger partial charge on any atom is -0.490 e. The van der Waals surface area contributed by atoms with Crippen molar-refractivity contribution in [2.45, 2.75) is 90.1 Å². The maximum atomic E-state index is 15.2. The van der Waals surface area contributed by atoms with E-state index in [-0.39, 0.29) is 41.6 Å². The fourth-order valence-corrected chi connectivity index (χ4v) is 8.62. The van der Waals surface area contributed by atoms with Crippen LogP contribution in [-0.4, -0.2) is 87.5 Å². The molecule has 0 bridgehead atoms. The van der Waals surface area contributed by atoms with Crippen molar-refractivity contribution in [1.82, 2.24) is 29.6 Å². The van der Waals surface area contributed by atoms with Crippen LogP contribution in [0.2, 0.25) is 0 Å². The predicted octanol–water partition coefficient (Wildman–Crippen LogP) is 6.09. The van der Waals surface area contributed by atoms with Crippen LogP contribution in [-0.2, 0) is 4.79 Å². The number of amides is 4. The van der Waals surface area contributed by atoms with Crippen molar-refractivity contribution < 1.29 is 23.5 Å². The van der Waals surface area contributed by atoms with E-state index in [9.17, 15) is 19.2 Å². The van der Waals surface area contributed by atoms with E-state index in [1.165, 1.54) is 42.6 Å². The first-order chi connectivity index (χ1) is 27.5. The van der Waals surface area contributed by atoms with Crippen LogP contribution >= 0.6 is 0 Å². The Morgan fingerprint density at radius 1 is 1.04 bits per heavy atom. The van der Waals surface area contributed by atoms with Crippen molar-refractivity contribution >= 4 is 40.7 Å². The van der Waals surface area contributed by atoms with Gasteiger partial charge in [0, 0.05) is 82.3 Å². The molecule has 14 nitrogen and oxygen atoms in total. The van der Waals surface area contributed by atoms with E-state index in [0.717, 1.165) is 82.6 Å². The number of hydrogen-bond donors (Lipinski definition) is 3. The first-order valence-electron chi connectivity index (χ1n) is 20.4. The molecule has 15 heteroatoms. The van der Waals surface area contributed by atoms with Crippen LogP contribution in [0.25, 0.3) is 5.65 Å². The van der Waals surface area contributed by atoms with Crippen molar-refractivity contribution in [2.24, 2.45) is 11.3 Å². The van der Waals surface area contributed by atoms with Gasteiger partial charge in [-0.15, -0.1) is 0 Å². The lowest BCUT2D eigenvalue weighted by molar-refractivity contribution is -0.120. The van der Waals surface area contributed by atoms with Gasteiger partial charge in [0.1, 0.15) is 17.1 Å². The lowest BCUT2D eigenvalue weighted by Gasteiger charge is -2.55. The summed E-state index contributed by atoms with van der Waals surface area (Å²) in [6.07, 6.45) is 17.6. The number of anilines is 3. The quantitative estimate of drug-likeness (QED) is 0.183. The summed E-state index contributed by atoms with van der Waals surface area (Å²) in [5, 5.41) is 4.98. The molecule has 0 aromatic carbocycles. The number of aromatic amines is 1. The van der Waals surface area contributed by atoms with Gasteiger partial charge < -0.3 is 29.2 Å². The van der Waals surface area contributed by atoms with Crippen LogP contribution in [0.4, 0.5) is 26.4 Å². The number of carbonyl (C=O) groups is 3. The zero-order chi connectivity index (χ0) is 39.7. The molecule has 7 heterocycles. The molecule has 4 aromatic rings. The fourth-order valence-electron chi connectivity index (χ4n) is 8.62. The van der Waals surface area contributed by atoms with Crippen molar-refractivity contribution in [3.8, 4) is 5.75 Å². The topological polar surface area (TPSA) is 157 Å². The van der Waals surface area contributed by atoms with E-state index < -0.39 is 17.8 Å². The number of nitrogens with zero attached hydrogens (tertiary/aromatic N) is 6. The Morgan fingerprint density at radius 2 is 1.79 bits per heavy atom. The molecular formula is C42H52FN9O5. The number of likely N-dealkylation sites (tertiary alicyclic amines) is 1. The second kappa shape index (κ2) is 16.3. The Bertz CT molecular complexity index is 2170. The summed E-state index contributed by atoms with van der Waals surface area (Å²) in [7, 11) is 0. The lowest BCUT2D eigenvalue weighted by atomic mass is 9.71. The normalized spacial score (nSPS) is 21.8. The summed E-state index contributed by atoms with van der Waals surface area (Å²) in [4.78, 5) is 67.0. The Hall–Kier alpha value is -5.31. The second-order valence-corrected chi connectivity index (χ2v) is 16.7. The molecule has 0 atom stereocenters. The molecule has 4 amide bonds. The zero-order valence-electron chi connectivity index (χ0n) is 32.8. The van der Waals surface area contributed by atoms with E-state index in [1.807, 2.05) is 29.3 Å². The molecule has 1 spiro atoms. The first-order valence-corrected chi connectivity index (χ1v) is 20.4. The largest absolute Gasteiger partial charge is 0.490 e. The van der Waals surface area contributed by atoms with Gasteiger partial charge in [-0.2, -0.15) is 0 Å². The van der Waals surface area contributed by atoms with Gasteiger partial charge in [-0.05, 0) is 75.8 Å². The van der Waals surface area contributed by atoms with Gasteiger partial charge >= 0.3 is 6.03 Å². The number of carbonyl (C=O) groups excluding carboxylic acids is 3. The molecule has 3 saturated heterocycles. The predicted molar refractivity (Wildman–Crippen MR) is 215 cm³/mol.